The third-order valence-corrected chi connectivity index (χ3v) is 5.42. The molecule has 1 amide bonds. The first kappa shape index (κ1) is 16.1. The van der Waals surface area contributed by atoms with Crippen molar-refractivity contribution < 1.29 is 4.79 Å². The lowest BCUT2D eigenvalue weighted by atomic mass is 10.0. The fourth-order valence-electron chi connectivity index (χ4n) is 3.01. The Labute approximate surface area is 141 Å². The van der Waals surface area contributed by atoms with Gasteiger partial charge in [0.2, 0.25) is 5.91 Å². The maximum Gasteiger partial charge on any atom is 0.237 e. The Balaban J connectivity index is 1.65. The molecule has 23 heavy (non-hydrogen) atoms. The number of hydrogen-bond donors (Lipinski definition) is 2. The minimum Gasteiger partial charge on any atom is -0.348 e. The standard InChI is InChI=1S/C18H23N3OS/c1-11-8-16(19-9-11)18(22)21-12(2)14-4-6-15(7-5-14)17-13(3)20-10-23-17/h4-7,10-12,16,19H,8-9H2,1-3H3,(H,21,22)/t11?,12-,16?/m0/s1. The zero-order valence-corrected chi connectivity index (χ0v) is 14.6. The average molecular weight is 329 g/mol. The van der Waals surface area contributed by atoms with Crippen molar-refractivity contribution in [1.29, 1.82) is 0 Å². The SMILES string of the molecule is Cc1ncsc1-c1ccc([C@H](C)NC(=O)C2CC(C)CN2)cc1. The van der Waals surface area contributed by atoms with Crippen LogP contribution in [0.15, 0.2) is 29.8 Å². The molecular weight excluding hydrogens is 306 g/mol. The molecule has 2 aromatic rings. The van der Waals surface area contributed by atoms with E-state index in [1.54, 1.807) is 11.3 Å². The number of aryl methyl sites for hydroxylation is 1. The van der Waals surface area contributed by atoms with E-state index in [0.717, 1.165) is 24.2 Å². The Morgan fingerprint density at radius 3 is 2.70 bits per heavy atom. The number of aromatic nitrogens is 1. The molecule has 0 aliphatic carbocycles. The maximum absolute atomic E-state index is 12.3. The number of carbonyl (C=O) groups is 1. The molecule has 0 radical (unpaired) electrons. The lowest BCUT2D eigenvalue weighted by Crippen LogP contribution is -2.41. The summed E-state index contributed by atoms with van der Waals surface area (Å²) in [6, 6.07) is 8.35. The monoisotopic (exact) mass is 329 g/mol. The largest absolute Gasteiger partial charge is 0.348 e. The molecular formula is C18H23N3OS. The van der Waals surface area contributed by atoms with Gasteiger partial charge in [-0.05, 0) is 43.9 Å². The second-order valence-corrected chi connectivity index (χ2v) is 7.28. The van der Waals surface area contributed by atoms with Crippen molar-refractivity contribution in [3.63, 3.8) is 0 Å². The summed E-state index contributed by atoms with van der Waals surface area (Å²) in [5.74, 6) is 0.673. The Morgan fingerprint density at radius 1 is 1.39 bits per heavy atom. The third-order valence-electron chi connectivity index (χ3n) is 4.44. The molecule has 1 aliphatic heterocycles. The molecule has 1 aromatic heterocycles. The summed E-state index contributed by atoms with van der Waals surface area (Å²) >= 11 is 1.66. The van der Waals surface area contributed by atoms with Crippen molar-refractivity contribution in [2.75, 3.05) is 6.54 Å². The molecule has 0 spiro atoms. The van der Waals surface area contributed by atoms with Crippen LogP contribution in [0.25, 0.3) is 10.4 Å². The van der Waals surface area contributed by atoms with Crippen molar-refractivity contribution in [2.24, 2.45) is 5.92 Å². The van der Waals surface area contributed by atoms with Gasteiger partial charge in [0.25, 0.3) is 0 Å². The normalized spacial score (nSPS) is 22.0. The summed E-state index contributed by atoms with van der Waals surface area (Å²) in [5.41, 5.74) is 5.23. The summed E-state index contributed by atoms with van der Waals surface area (Å²) in [4.78, 5) is 17.8. The fraction of sp³-hybridized carbons (Fsp3) is 0.444. The highest BCUT2D eigenvalue weighted by Crippen LogP contribution is 2.28. The van der Waals surface area contributed by atoms with E-state index in [0.29, 0.717) is 5.92 Å². The summed E-state index contributed by atoms with van der Waals surface area (Å²) in [6.45, 7) is 7.15. The van der Waals surface area contributed by atoms with Gasteiger partial charge in [-0.1, -0.05) is 31.2 Å². The Morgan fingerprint density at radius 2 is 2.13 bits per heavy atom. The van der Waals surface area contributed by atoms with Crippen LogP contribution < -0.4 is 10.6 Å². The second-order valence-electron chi connectivity index (χ2n) is 6.42. The minimum absolute atomic E-state index is 0.0109. The van der Waals surface area contributed by atoms with Gasteiger partial charge in [0.15, 0.2) is 0 Å². The van der Waals surface area contributed by atoms with Gasteiger partial charge in [0, 0.05) is 0 Å². The van der Waals surface area contributed by atoms with Gasteiger partial charge in [-0.3, -0.25) is 4.79 Å². The second kappa shape index (κ2) is 6.81. The number of benzene rings is 1. The molecule has 4 nitrogen and oxygen atoms in total. The van der Waals surface area contributed by atoms with Crippen molar-refractivity contribution in [3.05, 3.63) is 41.0 Å². The zero-order valence-electron chi connectivity index (χ0n) is 13.8. The number of hydrogen-bond acceptors (Lipinski definition) is 4. The lowest BCUT2D eigenvalue weighted by Gasteiger charge is -2.18. The molecule has 0 saturated carbocycles. The highest BCUT2D eigenvalue weighted by molar-refractivity contribution is 7.13. The number of nitrogens with one attached hydrogen (secondary N) is 2. The van der Waals surface area contributed by atoms with Gasteiger partial charge in [0.1, 0.15) is 0 Å². The number of carbonyl (C=O) groups excluding carboxylic acids is 1. The molecule has 5 heteroatoms. The van der Waals surface area contributed by atoms with Crippen LogP contribution in [-0.2, 0) is 4.79 Å². The predicted molar refractivity (Wildman–Crippen MR) is 94.4 cm³/mol. The van der Waals surface area contributed by atoms with E-state index in [1.807, 2.05) is 19.4 Å². The van der Waals surface area contributed by atoms with Crippen LogP contribution in [0.2, 0.25) is 0 Å². The van der Waals surface area contributed by atoms with Crippen LogP contribution in [0.3, 0.4) is 0 Å². The molecule has 3 atom stereocenters. The van der Waals surface area contributed by atoms with E-state index in [2.05, 4.69) is 46.8 Å². The summed E-state index contributed by atoms with van der Waals surface area (Å²) < 4.78 is 0. The highest BCUT2D eigenvalue weighted by Gasteiger charge is 2.27. The van der Waals surface area contributed by atoms with E-state index < -0.39 is 0 Å². The summed E-state index contributed by atoms with van der Waals surface area (Å²) in [7, 11) is 0. The van der Waals surface area contributed by atoms with Gasteiger partial charge >= 0.3 is 0 Å². The molecule has 0 bridgehead atoms. The van der Waals surface area contributed by atoms with Gasteiger partial charge in [-0.2, -0.15) is 0 Å². The number of rotatable bonds is 4. The fourth-order valence-corrected chi connectivity index (χ4v) is 3.82. The molecule has 2 unspecified atom stereocenters. The van der Waals surface area contributed by atoms with Gasteiger partial charge < -0.3 is 10.6 Å². The van der Waals surface area contributed by atoms with Gasteiger partial charge in [-0.25, -0.2) is 4.98 Å². The summed E-state index contributed by atoms with van der Waals surface area (Å²) in [6.07, 6.45) is 0.919. The van der Waals surface area contributed by atoms with Crippen LogP contribution in [-0.4, -0.2) is 23.5 Å². The molecule has 2 heterocycles. The van der Waals surface area contributed by atoms with Crippen LogP contribution in [0.1, 0.15) is 37.6 Å². The van der Waals surface area contributed by atoms with Crippen molar-refractivity contribution in [3.8, 4) is 10.4 Å². The highest BCUT2D eigenvalue weighted by atomic mass is 32.1. The molecule has 3 rings (SSSR count). The van der Waals surface area contributed by atoms with E-state index in [1.165, 1.54) is 10.4 Å². The molecule has 2 N–H and O–H groups in total. The van der Waals surface area contributed by atoms with Crippen molar-refractivity contribution in [2.45, 2.75) is 39.3 Å². The van der Waals surface area contributed by atoms with Crippen LogP contribution >= 0.6 is 11.3 Å². The van der Waals surface area contributed by atoms with Crippen molar-refractivity contribution in [1.82, 2.24) is 15.6 Å². The molecule has 1 aliphatic rings. The van der Waals surface area contributed by atoms with E-state index in [-0.39, 0.29) is 18.0 Å². The van der Waals surface area contributed by atoms with Crippen LogP contribution in [0.4, 0.5) is 0 Å². The zero-order chi connectivity index (χ0) is 16.4. The first-order valence-electron chi connectivity index (χ1n) is 8.08. The first-order chi connectivity index (χ1) is 11.0. The molecule has 1 saturated heterocycles. The molecule has 122 valence electrons. The Hall–Kier alpha value is -1.72. The lowest BCUT2D eigenvalue weighted by molar-refractivity contribution is -0.123. The molecule has 1 aromatic carbocycles. The third kappa shape index (κ3) is 3.62. The molecule has 1 fully saturated rings. The van der Waals surface area contributed by atoms with E-state index in [4.69, 9.17) is 0 Å². The Bertz CT molecular complexity index is 680. The number of amides is 1. The van der Waals surface area contributed by atoms with Gasteiger partial charge in [0.05, 0.1) is 28.2 Å². The minimum atomic E-state index is -0.0495. The van der Waals surface area contributed by atoms with E-state index >= 15 is 0 Å². The number of nitrogens with zero attached hydrogens (tertiary/aromatic N) is 1. The topological polar surface area (TPSA) is 54.0 Å². The average Bonchev–Trinajstić information content (AvgIpc) is 3.16. The first-order valence-corrected chi connectivity index (χ1v) is 8.96. The summed E-state index contributed by atoms with van der Waals surface area (Å²) in [5, 5.41) is 6.39. The van der Waals surface area contributed by atoms with E-state index in [9.17, 15) is 4.79 Å². The number of thiazole rings is 1. The van der Waals surface area contributed by atoms with Gasteiger partial charge in [-0.15, -0.1) is 11.3 Å². The van der Waals surface area contributed by atoms with Crippen LogP contribution in [0, 0.1) is 12.8 Å². The van der Waals surface area contributed by atoms with Crippen LogP contribution in [0.5, 0.6) is 0 Å². The van der Waals surface area contributed by atoms with Crippen molar-refractivity contribution >= 4 is 17.2 Å². The maximum atomic E-state index is 12.3. The predicted octanol–water partition coefficient (Wildman–Crippen LogP) is 3.29. The quantitative estimate of drug-likeness (QED) is 0.905. The Kier molecular flexibility index (Phi) is 4.78. The smallest absolute Gasteiger partial charge is 0.237 e.